The number of carbonyl (C=O) groups is 1. The Kier molecular flexibility index (Phi) is 3.03. The first-order valence-corrected chi connectivity index (χ1v) is 3.90. The lowest BCUT2D eigenvalue weighted by Crippen LogP contribution is -2.18. The Labute approximate surface area is 83.9 Å². The van der Waals surface area contributed by atoms with E-state index in [4.69, 9.17) is 17.0 Å². The average Bonchev–Trinajstić information content (AvgIpc) is 2.08. The number of benzene rings is 1. The highest BCUT2D eigenvalue weighted by Crippen LogP contribution is 2.15. The summed E-state index contributed by atoms with van der Waals surface area (Å²) in [6.07, 6.45) is -1.12. The summed E-state index contributed by atoms with van der Waals surface area (Å²) in [5.74, 6) is -1.21. The topological polar surface area (TPSA) is 76.2 Å². The van der Waals surface area contributed by atoms with Crippen molar-refractivity contribution >= 4 is 23.6 Å². The van der Waals surface area contributed by atoms with E-state index in [0.29, 0.717) is 0 Å². The number of nitrogens with one attached hydrogen (secondary N) is 1. The molecule has 0 aromatic heterocycles. The summed E-state index contributed by atoms with van der Waals surface area (Å²) in [7, 11) is 0. The minimum atomic E-state index is -1.12. The summed E-state index contributed by atoms with van der Waals surface area (Å²) in [5, 5.41) is 7.13. The smallest absolute Gasteiger partial charge is 0.391 e. The molecule has 0 unspecified atom stereocenters. The van der Waals surface area contributed by atoms with E-state index < -0.39 is 17.8 Å². The molecular formula is C8H6ClFN2O2. The Morgan fingerprint density at radius 3 is 2.71 bits per heavy atom. The van der Waals surface area contributed by atoms with Crippen LogP contribution in [0.4, 0.5) is 9.18 Å². The SMILES string of the molecule is N=C(OC(N)=O)c1ccc(Cl)c(F)c1. The average molecular weight is 217 g/mol. The number of carbonyl (C=O) groups excluding carboxylic acids is 1. The van der Waals surface area contributed by atoms with Crippen LogP contribution in [0, 0.1) is 11.2 Å². The van der Waals surface area contributed by atoms with Crippen molar-refractivity contribution in [1.82, 2.24) is 0 Å². The molecule has 0 saturated heterocycles. The fraction of sp³-hybridized carbons (Fsp3) is 0. The van der Waals surface area contributed by atoms with Crippen molar-refractivity contribution in [3.8, 4) is 0 Å². The van der Waals surface area contributed by atoms with Crippen LogP contribution >= 0.6 is 11.6 Å². The molecular weight excluding hydrogens is 211 g/mol. The van der Waals surface area contributed by atoms with Gasteiger partial charge in [0.2, 0.25) is 5.90 Å². The van der Waals surface area contributed by atoms with Crippen LogP contribution in [-0.2, 0) is 4.74 Å². The maximum atomic E-state index is 12.9. The first-order chi connectivity index (χ1) is 6.50. The van der Waals surface area contributed by atoms with Crippen LogP contribution in [0.5, 0.6) is 0 Å². The number of ether oxygens (including phenoxy) is 1. The van der Waals surface area contributed by atoms with Gasteiger partial charge < -0.3 is 10.5 Å². The van der Waals surface area contributed by atoms with Gasteiger partial charge in [-0.1, -0.05) is 11.6 Å². The Morgan fingerprint density at radius 2 is 2.21 bits per heavy atom. The Bertz CT molecular complexity index is 395. The standard InChI is InChI=1S/C8H6ClFN2O2/c9-5-2-1-4(3-6(5)10)7(11)14-8(12)13/h1-3,11H,(H2,12,13). The molecule has 1 aromatic carbocycles. The van der Waals surface area contributed by atoms with Gasteiger partial charge in [0.15, 0.2) is 0 Å². The van der Waals surface area contributed by atoms with Crippen molar-refractivity contribution in [3.63, 3.8) is 0 Å². The molecule has 6 heteroatoms. The minimum absolute atomic E-state index is 0.0689. The second kappa shape index (κ2) is 4.06. The molecule has 14 heavy (non-hydrogen) atoms. The van der Waals surface area contributed by atoms with Crippen LogP contribution < -0.4 is 5.73 Å². The summed E-state index contributed by atoms with van der Waals surface area (Å²) in [6, 6.07) is 3.58. The second-order valence-electron chi connectivity index (χ2n) is 2.38. The summed E-state index contributed by atoms with van der Waals surface area (Å²) in [6.45, 7) is 0. The molecule has 0 atom stereocenters. The second-order valence-corrected chi connectivity index (χ2v) is 2.79. The zero-order valence-electron chi connectivity index (χ0n) is 6.88. The summed E-state index contributed by atoms with van der Waals surface area (Å²) in [5.41, 5.74) is 4.77. The summed E-state index contributed by atoms with van der Waals surface area (Å²) >= 11 is 5.41. The fourth-order valence-corrected chi connectivity index (χ4v) is 0.914. The van der Waals surface area contributed by atoms with Crippen LogP contribution in [0.2, 0.25) is 5.02 Å². The molecule has 0 heterocycles. The maximum Gasteiger partial charge on any atom is 0.411 e. The van der Waals surface area contributed by atoms with E-state index in [-0.39, 0.29) is 10.6 Å². The first kappa shape index (κ1) is 10.5. The van der Waals surface area contributed by atoms with Crippen LogP contribution in [0.15, 0.2) is 18.2 Å². The lowest BCUT2D eigenvalue weighted by Gasteiger charge is -2.03. The van der Waals surface area contributed by atoms with Gasteiger partial charge in [-0.3, -0.25) is 5.41 Å². The van der Waals surface area contributed by atoms with Crippen LogP contribution in [-0.4, -0.2) is 12.0 Å². The van der Waals surface area contributed by atoms with Gasteiger partial charge >= 0.3 is 6.09 Å². The van der Waals surface area contributed by atoms with Gasteiger partial charge in [-0.05, 0) is 18.2 Å². The van der Waals surface area contributed by atoms with Gasteiger partial charge in [-0.25, -0.2) is 9.18 Å². The Hall–Kier alpha value is -1.62. The molecule has 0 spiro atoms. The highest BCUT2D eigenvalue weighted by molar-refractivity contribution is 6.30. The quantitative estimate of drug-likeness (QED) is 0.556. The van der Waals surface area contributed by atoms with Gasteiger partial charge in [0.1, 0.15) is 5.82 Å². The van der Waals surface area contributed by atoms with E-state index in [2.05, 4.69) is 10.5 Å². The van der Waals surface area contributed by atoms with Crippen molar-refractivity contribution in [3.05, 3.63) is 34.6 Å². The monoisotopic (exact) mass is 216 g/mol. The largest absolute Gasteiger partial charge is 0.411 e. The zero-order valence-corrected chi connectivity index (χ0v) is 7.64. The number of primary amides is 1. The van der Waals surface area contributed by atoms with Gasteiger partial charge in [-0.2, -0.15) is 0 Å². The van der Waals surface area contributed by atoms with Crippen molar-refractivity contribution in [2.24, 2.45) is 5.73 Å². The lowest BCUT2D eigenvalue weighted by molar-refractivity contribution is 0.208. The minimum Gasteiger partial charge on any atom is -0.391 e. The number of halogens is 2. The highest BCUT2D eigenvalue weighted by Gasteiger charge is 2.08. The van der Waals surface area contributed by atoms with E-state index in [1.165, 1.54) is 12.1 Å². The lowest BCUT2D eigenvalue weighted by atomic mass is 10.2. The van der Waals surface area contributed by atoms with Crippen molar-refractivity contribution < 1.29 is 13.9 Å². The summed E-state index contributed by atoms with van der Waals surface area (Å²) < 4.78 is 17.1. The third kappa shape index (κ3) is 2.43. The number of amides is 1. The molecule has 0 aliphatic heterocycles. The van der Waals surface area contributed by atoms with Crippen molar-refractivity contribution in [2.75, 3.05) is 0 Å². The first-order valence-electron chi connectivity index (χ1n) is 3.52. The number of hydrogen-bond acceptors (Lipinski definition) is 3. The molecule has 1 amide bonds. The van der Waals surface area contributed by atoms with Gasteiger partial charge in [-0.15, -0.1) is 0 Å². The van der Waals surface area contributed by atoms with E-state index in [9.17, 15) is 9.18 Å². The molecule has 1 rings (SSSR count). The highest BCUT2D eigenvalue weighted by atomic mass is 35.5. The Balaban J connectivity index is 2.91. The van der Waals surface area contributed by atoms with Gasteiger partial charge in [0.05, 0.1) is 5.02 Å². The molecule has 0 bridgehead atoms. The molecule has 0 fully saturated rings. The molecule has 0 aliphatic rings. The zero-order chi connectivity index (χ0) is 10.7. The molecule has 0 saturated carbocycles. The molecule has 0 radical (unpaired) electrons. The summed E-state index contributed by atoms with van der Waals surface area (Å²) in [4.78, 5) is 10.3. The molecule has 1 aromatic rings. The maximum absolute atomic E-state index is 12.9. The van der Waals surface area contributed by atoms with Crippen LogP contribution in [0.25, 0.3) is 0 Å². The third-order valence-electron chi connectivity index (χ3n) is 1.38. The predicted octanol–water partition coefficient (Wildman–Crippen LogP) is 1.90. The fourth-order valence-electron chi connectivity index (χ4n) is 0.797. The van der Waals surface area contributed by atoms with Crippen LogP contribution in [0.3, 0.4) is 0 Å². The molecule has 4 nitrogen and oxygen atoms in total. The van der Waals surface area contributed by atoms with Gasteiger partial charge in [0, 0.05) is 5.56 Å². The van der Waals surface area contributed by atoms with E-state index >= 15 is 0 Å². The third-order valence-corrected chi connectivity index (χ3v) is 1.69. The van der Waals surface area contributed by atoms with Crippen LogP contribution in [0.1, 0.15) is 5.56 Å². The van der Waals surface area contributed by atoms with E-state index in [1.54, 1.807) is 0 Å². The normalized spacial score (nSPS) is 9.57. The van der Waals surface area contributed by atoms with Gasteiger partial charge in [0.25, 0.3) is 0 Å². The van der Waals surface area contributed by atoms with Crippen molar-refractivity contribution in [2.45, 2.75) is 0 Å². The molecule has 3 N–H and O–H groups in total. The number of rotatable bonds is 1. The van der Waals surface area contributed by atoms with E-state index in [0.717, 1.165) is 6.07 Å². The molecule has 0 aliphatic carbocycles. The predicted molar refractivity (Wildman–Crippen MR) is 48.9 cm³/mol. The molecule has 74 valence electrons. The number of nitrogens with two attached hydrogens (primary N) is 1. The van der Waals surface area contributed by atoms with E-state index in [1.807, 2.05) is 0 Å². The number of hydrogen-bond donors (Lipinski definition) is 2. The Morgan fingerprint density at radius 1 is 1.57 bits per heavy atom. The van der Waals surface area contributed by atoms with Crippen molar-refractivity contribution in [1.29, 1.82) is 5.41 Å².